The number of benzene rings is 1. The Labute approximate surface area is 110 Å². The average molecular weight is 313 g/mol. The molecule has 0 aliphatic heterocycles. The number of halogens is 1. The van der Waals surface area contributed by atoms with Crippen LogP contribution in [0.15, 0.2) is 34.4 Å². The van der Waals surface area contributed by atoms with E-state index in [9.17, 15) is 4.79 Å². The summed E-state index contributed by atoms with van der Waals surface area (Å²) in [5.74, 6) is -0.939. The molecule has 0 amide bonds. The second-order valence-corrected chi connectivity index (χ2v) is 5.15. The van der Waals surface area contributed by atoms with E-state index < -0.39 is 5.97 Å². The van der Waals surface area contributed by atoms with Gasteiger partial charge in [0.2, 0.25) is 0 Å². The summed E-state index contributed by atoms with van der Waals surface area (Å²) in [5, 5.41) is 12.1. The Morgan fingerprint density at radius 3 is 2.94 bits per heavy atom. The maximum absolute atomic E-state index is 10.8. The fourth-order valence-corrected chi connectivity index (χ4v) is 2.40. The van der Waals surface area contributed by atoms with E-state index in [4.69, 9.17) is 5.11 Å². The van der Waals surface area contributed by atoms with E-state index in [1.54, 1.807) is 41.2 Å². The van der Waals surface area contributed by atoms with Gasteiger partial charge in [0.1, 0.15) is 0 Å². The zero-order valence-electron chi connectivity index (χ0n) is 8.68. The molecule has 88 valence electrons. The number of hydrogen-bond donors (Lipinski definition) is 2. The normalized spacial score (nSPS) is 10.2. The fourth-order valence-electron chi connectivity index (χ4n) is 1.32. The van der Waals surface area contributed by atoms with Crippen molar-refractivity contribution in [1.29, 1.82) is 0 Å². The van der Waals surface area contributed by atoms with E-state index >= 15 is 0 Å². The van der Waals surface area contributed by atoms with Crippen molar-refractivity contribution in [1.82, 2.24) is 4.98 Å². The largest absolute Gasteiger partial charge is 0.478 e. The van der Waals surface area contributed by atoms with E-state index in [2.05, 4.69) is 26.2 Å². The number of carboxylic acids is 1. The number of nitrogens with zero attached hydrogens (tertiary/aromatic N) is 1. The Morgan fingerprint density at radius 2 is 2.35 bits per heavy atom. The number of nitrogens with one attached hydrogen (secondary N) is 1. The molecule has 0 atom stereocenters. The van der Waals surface area contributed by atoms with Crippen molar-refractivity contribution in [3.05, 3.63) is 44.8 Å². The molecule has 0 bridgehead atoms. The minimum absolute atomic E-state index is 0.258. The number of anilines is 1. The number of carboxylic acid groups (broad SMARTS) is 1. The predicted molar refractivity (Wildman–Crippen MR) is 70.5 cm³/mol. The van der Waals surface area contributed by atoms with Crippen LogP contribution in [-0.4, -0.2) is 16.1 Å². The quantitative estimate of drug-likeness (QED) is 0.910. The van der Waals surface area contributed by atoms with Gasteiger partial charge in [-0.05, 0) is 34.1 Å². The van der Waals surface area contributed by atoms with Crippen molar-refractivity contribution in [3.8, 4) is 0 Å². The first-order valence-corrected chi connectivity index (χ1v) is 6.48. The first-order chi connectivity index (χ1) is 8.16. The first-order valence-electron chi connectivity index (χ1n) is 4.81. The molecule has 0 aliphatic carbocycles. The van der Waals surface area contributed by atoms with Gasteiger partial charge in [-0.2, -0.15) is 0 Å². The van der Waals surface area contributed by atoms with Gasteiger partial charge < -0.3 is 10.4 Å². The zero-order chi connectivity index (χ0) is 12.3. The second kappa shape index (κ2) is 5.29. The molecule has 2 aromatic rings. The molecule has 2 N–H and O–H groups in total. The van der Waals surface area contributed by atoms with E-state index in [0.717, 1.165) is 10.6 Å². The van der Waals surface area contributed by atoms with Gasteiger partial charge in [0, 0.05) is 21.2 Å². The standard InChI is InChI=1S/C11H9BrN2O2S/c12-10-3-7(1-2-9(10)11(15)16)14-5-8-4-13-6-17-8/h1-4,6,14H,5H2,(H,15,16). The highest BCUT2D eigenvalue weighted by Gasteiger charge is 2.08. The van der Waals surface area contributed by atoms with Gasteiger partial charge in [0.15, 0.2) is 0 Å². The van der Waals surface area contributed by atoms with Gasteiger partial charge in [-0.3, -0.25) is 4.98 Å². The molecule has 0 saturated heterocycles. The van der Waals surface area contributed by atoms with Crippen LogP contribution < -0.4 is 5.32 Å². The molecule has 4 nitrogen and oxygen atoms in total. The monoisotopic (exact) mass is 312 g/mol. The maximum atomic E-state index is 10.8. The van der Waals surface area contributed by atoms with Crippen LogP contribution in [0, 0.1) is 0 Å². The summed E-state index contributed by atoms with van der Waals surface area (Å²) in [4.78, 5) is 15.9. The molecular formula is C11H9BrN2O2S. The number of aromatic nitrogens is 1. The van der Waals surface area contributed by atoms with Crippen LogP contribution in [-0.2, 0) is 6.54 Å². The summed E-state index contributed by atoms with van der Waals surface area (Å²) in [7, 11) is 0. The topological polar surface area (TPSA) is 62.2 Å². The number of carbonyl (C=O) groups is 1. The molecule has 2 rings (SSSR count). The lowest BCUT2D eigenvalue weighted by molar-refractivity contribution is 0.0696. The van der Waals surface area contributed by atoms with Crippen LogP contribution in [0.3, 0.4) is 0 Å². The molecule has 0 radical (unpaired) electrons. The third-order valence-electron chi connectivity index (χ3n) is 2.15. The zero-order valence-corrected chi connectivity index (χ0v) is 11.1. The van der Waals surface area contributed by atoms with Crippen LogP contribution >= 0.6 is 27.3 Å². The number of aromatic carboxylic acids is 1. The Morgan fingerprint density at radius 1 is 1.53 bits per heavy atom. The Hall–Kier alpha value is -1.40. The van der Waals surface area contributed by atoms with Crippen molar-refractivity contribution >= 4 is 38.9 Å². The fraction of sp³-hybridized carbons (Fsp3) is 0.0909. The molecular weight excluding hydrogens is 304 g/mol. The number of rotatable bonds is 4. The van der Waals surface area contributed by atoms with Crippen molar-refractivity contribution in [3.63, 3.8) is 0 Å². The lowest BCUT2D eigenvalue weighted by Gasteiger charge is -2.06. The van der Waals surface area contributed by atoms with Gasteiger partial charge in [-0.25, -0.2) is 4.79 Å². The van der Waals surface area contributed by atoms with E-state index in [-0.39, 0.29) is 5.56 Å². The number of hydrogen-bond acceptors (Lipinski definition) is 4. The van der Waals surface area contributed by atoms with E-state index in [1.807, 2.05) is 0 Å². The highest BCUT2D eigenvalue weighted by molar-refractivity contribution is 9.10. The van der Waals surface area contributed by atoms with Gasteiger partial charge in [0.05, 0.1) is 17.6 Å². The summed E-state index contributed by atoms with van der Waals surface area (Å²) < 4.78 is 0.569. The van der Waals surface area contributed by atoms with Gasteiger partial charge in [0.25, 0.3) is 0 Å². The number of thiazole rings is 1. The molecule has 0 spiro atoms. The first kappa shape index (κ1) is 12.1. The molecule has 1 aromatic carbocycles. The van der Waals surface area contributed by atoms with Crippen LogP contribution in [0.4, 0.5) is 5.69 Å². The third kappa shape index (κ3) is 3.04. The molecule has 1 aromatic heterocycles. The third-order valence-corrected chi connectivity index (χ3v) is 3.59. The Balaban J connectivity index is 2.07. The predicted octanol–water partition coefficient (Wildman–Crippen LogP) is 3.22. The van der Waals surface area contributed by atoms with Crippen molar-refractivity contribution in [2.24, 2.45) is 0 Å². The lowest BCUT2D eigenvalue weighted by Crippen LogP contribution is -2.01. The molecule has 0 unspecified atom stereocenters. The van der Waals surface area contributed by atoms with Gasteiger partial charge >= 0.3 is 5.97 Å². The summed E-state index contributed by atoms with van der Waals surface area (Å²) in [6.07, 6.45) is 1.80. The Bertz CT molecular complexity index is 528. The Kier molecular flexibility index (Phi) is 3.75. The molecule has 17 heavy (non-hydrogen) atoms. The van der Waals surface area contributed by atoms with Crippen LogP contribution in [0.1, 0.15) is 15.2 Å². The second-order valence-electron chi connectivity index (χ2n) is 3.32. The highest BCUT2D eigenvalue weighted by atomic mass is 79.9. The summed E-state index contributed by atoms with van der Waals surface area (Å²) in [6.45, 7) is 0.684. The van der Waals surface area contributed by atoms with Crippen molar-refractivity contribution < 1.29 is 9.90 Å². The minimum atomic E-state index is -0.939. The summed E-state index contributed by atoms with van der Waals surface area (Å²) >= 11 is 4.81. The van der Waals surface area contributed by atoms with Crippen LogP contribution in [0.5, 0.6) is 0 Å². The van der Waals surface area contributed by atoms with Crippen molar-refractivity contribution in [2.45, 2.75) is 6.54 Å². The molecule has 0 aliphatic rings. The van der Waals surface area contributed by atoms with Crippen LogP contribution in [0.2, 0.25) is 0 Å². The maximum Gasteiger partial charge on any atom is 0.336 e. The average Bonchev–Trinajstić information content (AvgIpc) is 2.78. The van der Waals surface area contributed by atoms with Crippen molar-refractivity contribution in [2.75, 3.05) is 5.32 Å². The minimum Gasteiger partial charge on any atom is -0.478 e. The van der Waals surface area contributed by atoms with Gasteiger partial charge in [-0.15, -0.1) is 11.3 Å². The van der Waals surface area contributed by atoms with E-state index in [1.165, 1.54) is 0 Å². The smallest absolute Gasteiger partial charge is 0.336 e. The molecule has 0 saturated carbocycles. The molecule has 0 fully saturated rings. The van der Waals surface area contributed by atoms with Gasteiger partial charge in [-0.1, -0.05) is 0 Å². The molecule has 6 heteroatoms. The summed E-state index contributed by atoms with van der Waals surface area (Å²) in [6, 6.07) is 5.07. The highest BCUT2D eigenvalue weighted by Crippen LogP contribution is 2.22. The SMILES string of the molecule is O=C(O)c1ccc(NCc2cncs2)cc1Br. The molecule has 1 heterocycles. The summed E-state index contributed by atoms with van der Waals surface area (Å²) in [5.41, 5.74) is 2.91. The van der Waals surface area contributed by atoms with E-state index in [0.29, 0.717) is 11.0 Å². The van der Waals surface area contributed by atoms with Crippen LogP contribution in [0.25, 0.3) is 0 Å². The lowest BCUT2D eigenvalue weighted by atomic mass is 10.2.